The van der Waals surface area contributed by atoms with Crippen molar-refractivity contribution in [1.82, 2.24) is 20.3 Å². The number of aryl methyl sites for hydroxylation is 1. The molecule has 1 aromatic heterocycles. The van der Waals surface area contributed by atoms with Crippen molar-refractivity contribution in [3.63, 3.8) is 0 Å². The molecular formula is C25H21N5O2S2. The number of thiocarbonyl (C=S) groups is 1. The number of amides is 1. The zero-order valence-electron chi connectivity index (χ0n) is 18.5. The predicted octanol–water partition coefficient (Wildman–Crippen LogP) is 5.20. The summed E-state index contributed by atoms with van der Waals surface area (Å²) in [6.07, 6.45) is 1.90. The number of fused-ring (bicyclic) bond motifs is 1. The van der Waals surface area contributed by atoms with Crippen LogP contribution < -0.4 is 10.2 Å². The second kappa shape index (κ2) is 8.92. The smallest absolute Gasteiger partial charge is 0.289 e. The van der Waals surface area contributed by atoms with Crippen molar-refractivity contribution in [2.75, 3.05) is 11.9 Å². The van der Waals surface area contributed by atoms with Gasteiger partial charge in [-0.15, -0.1) is 15.0 Å². The molecular weight excluding hydrogens is 466 g/mol. The lowest BCUT2D eigenvalue weighted by molar-refractivity contribution is 0.265. The van der Waals surface area contributed by atoms with Crippen molar-refractivity contribution >= 4 is 57.0 Å². The van der Waals surface area contributed by atoms with E-state index in [-0.39, 0.29) is 11.0 Å². The molecule has 1 amide bonds. The minimum absolute atomic E-state index is 0.150. The summed E-state index contributed by atoms with van der Waals surface area (Å²) in [6.45, 7) is 2.49. The summed E-state index contributed by atoms with van der Waals surface area (Å²) in [5, 5.41) is 22.6. The number of phenolic OH excluding ortho intramolecular Hbond substituents is 1. The molecule has 0 aliphatic carbocycles. The Balaban J connectivity index is 1.38. The normalized spacial score (nSPS) is 14.7. The highest BCUT2D eigenvalue weighted by molar-refractivity contribution is 8.19. The van der Waals surface area contributed by atoms with E-state index in [1.165, 1.54) is 4.80 Å². The first-order chi connectivity index (χ1) is 16.4. The van der Waals surface area contributed by atoms with Gasteiger partial charge in [0.1, 0.15) is 27.5 Å². The van der Waals surface area contributed by atoms with E-state index in [1.807, 2.05) is 80.7 Å². The Hall–Kier alpha value is -3.69. The van der Waals surface area contributed by atoms with Gasteiger partial charge in [-0.25, -0.2) is 0 Å². The number of aromatic hydroxyl groups is 1. The Morgan fingerprint density at radius 1 is 1.12 bits per heavy atom. The molecule has 34 heavy (non-hydrogen) atoms. The summed E-state index contributed by atoms with van der Waals surface area (Å²) in [5.74, 6) is 0.156. The van der Waals surface area contributed by atoms with Crippen molar-refractivity contribution in [1.29, 1.82) is 0 Å². The van der Waals surface area contributed by atoms with Crippen LogP contribution in [0.4, 0.5) is 10.5 Å². The molecule has 0 spiro atoms. The molecule has 2 N–H and O–H groups in total. The monoisotopic (exact) mass is 487 g/mol. The largest absolute Gasteiger partial charge is 0.505 e. The molecule has 0 saturated carbocycles. The molecule has 0 unspecified atom stereocenters. The van der Waals surface area contributed by atoms with E-state index >= 15 is 0 Å². The van der Waals surface area contributed by atoms with Gasteiger partial charge in [0.2, 0.25) is 0 Å². The number of aromatic nitrogens is 3. The topological polar surface area (TPSA) is 83.3 Å². The molecule has 2 heterocycles. The van der Waals surface area contributed by atoms with Crippen LogP contribution in [-0.2, 0) is 6.54 Å². The summed E-state index contributed by atoms with van der Waals surface area (Å²) in [4.78, 5) is 16.2. The van der Waals surface area contributed by atoms with Gasteiger partial charge >= 0.3 is 0 Å². The Morgan fingerprint density at radius 3 is 2.41 bits per heavy atom. The van der Waals surface area contributed by atoms with Crippen LogP contribution in [-0.4, -0.2) is 37.4 Å². The maximum absolute atomic E-state index is 11.5. The molecule has 4 aromatic rings. The van der Waals surface area contributed by atoms with Crippen LogP contribution in [0, 0.1) is 6.92 Å². The van der Waals surface area contributed by atoms with Crippen LogP contribution >= 0.6 is 24.0 Å². The number of thioether (sulfide) groups is 1. The molecule has 5 rings (SSSR count). The van der Waals surface area contributed by atoms with Crippen LogP contribution in [0.1, 0.15) is 16.7 Å². The number of carbonyl (C=O) groups is 1. The molecule has 9 heteroatoms. The zero-order chi connectivity index (χ0) is 23.8. The molecule has 0 atom stereocenters. The Labute approximate surface area is 206 Å². The SMILES string of the molecule is Cc1cc(CN(C)c2ccc(C=C3SC(=O)NC3=S)cc2)c(O)c(-n2nc3ccccc3n2)c1. The summed E-state index contributed by atoms with van der Waals surface area (Å²) in [5.41, 5.74) is 5.83. The maximum atomic E-state index is 11.5. The minimum atomic E-state index is -0.150. The number of hydrogen-bond donors (Lipinski definition) is 2. The number of nitrogens with zero attached hydrogens (tertiary/aromatic N) is 4. The van der Waals surface area contributed by atoms with Gasteiger partial charge in [-0.05, 0) is 66.2 Å². The highest BCUT2D eigenvalue weighted by Gasteiger charge is 2.21. The highest BCUT2D eigenvalue weighted by Crippen LogP contribution is 2.31. The molecule has 1 aliphatic rings. The number of rotatable bonds is 5. The Bertz CT molecular complexity index is 1430. The molecule has 7 nitrogen and oxygen atoms in total. The fraction of sp³-hybridized carbons (Fsp3) is 0.120. The van der Waals surface area contributed by atoms with E-state index in [4.69, 9.17) is 12.2 Å². The van der Waals surface area contributed by atoms with E-state index in [0.29, 0.717) is 17.2 Å². The average Bonchev–Trinajstić information content (AvgIpc) is 3.38. The van der Waals surface area contributed by atoms with Crippen molar-refractivity contribution in [2.24, 2.45) is 0 Å². The standard InChI is InChI=1S/C25H21N5O2S2/c1-15-11-17(23(31)21(12-15)30-27-19-5-3-4-6-20(19)28-30)14-29(2)18-9-7-16(8-10-18)13-22-24(33)26-25(32)34-22/h3-13,31H,14H2,1-2H3,(H,26,32,33). The van der Waals surface area contributed by atoms with E-state index in [9.17, 15) is 9.90 Å². The van der Waals surface area contributed by atoms with E-state index < -0.39 is 0 Å². The van der Waals surface area contributed by atoms with Crippen LogP contribution in [0.3, 0.4) is 0 Å². The third-order valence-electron chi connectivity index (χ3n) is 5.50. The molecule has 0 radical (unpaired) electrons. The first-order valence-electron chi connectivity index (χ1n) is 10.6. The van der Waals surface area contributed by atoms with Crippen LogP contribution in [0.2, 0.25) is 0 Å². The fourth-order valence-electron chi connectivity index (χ4n) is 3.82. The van der Waals surface area contributed by atoms with Gasteiger partial charge in [0.05, 0.1) is 4.91 Å². The number of nitrogens with one attached hydrogen (secondary N) is 1. The third kappa shape index (κ3) is 4.40. The van der Waals surface area contributed by atoms with Crippen molar-refractivity contribution in [3.8, 4) is 11.4 Å². The molecule has 1 aliphatic heterocycles. The van der Waals surface area contributed by atoms with Gasteiger partial charge < -0.3 is 15.3 Å². The summed E-state index contributed by atoms with van der Waals surface area (Å²) < 4.78 is 0. The van der Waals surface area contributed by atoms with Gasteiger partial charge in [0.15, 0.2) is 0 Å². The lowest BCUT2D eigenvalue weighted by Crippen LogP contribution is -2.17. The second-order valence-electron chi connectivity index (χ2n) is 8.07. The van der Waals surface area contributed by atoms with Crippen molar-refractivity contribution in [3.05, 3.63) is 82.3 Å². The zero-order valence-corrected chi connectivity index (χ0v) is 20.2. The highest BCUT2D eigenvalue weighted by atomic mass is 32.2. The molecule has 1 fully saturated rings. The molecule has 0 bridgehead atoms. The number of benzene rings is 3. The first kappa shape index (κ1) is 22.1. The summed E-state index contributed by atoms with van der Waals surface area (Å²) >= 11 is 6.28. The molecule has 170 valence electrons. The molecule has 1 saturated heterocycles. The van der Waals surface area contributed by atoms with Gasteiger partial charge in [0, 0.05) is 24.8 Å². The second-order valence-corrected chi connectivity index (χ2v) is 9.49. The number of phenols is 1. The Kier molecular flexibility index (Phi) is 5.80. The predicted molar refractivity (Wildman–Crippen MR) is 141 cm³/mol. The Morgan fingerprint density at radius 2 is 1.79 bits per heavy atom. The number of hydrogen-bond acceptors (Lipinski definition) is 7. The van der Waals surface area contributed by atoms with Crippen molar-refractivity contribution < 1.29 is 9.90 Å². The lowest BCUT2D eigenvalue weighted by atomic mass is 10.1. The van der Waals surface area contributed by atoms with Crippen LogP contribution in [0.25, 0.3) is 22.8 Å². The van der Waals surface area contributed by atoms with Gasteiger partial charge in [0.25, 0.3) is 5.24 Å². The lowest BCUT2D eigenvalue weighted by Gasteiger charge is -2.21. The third-order valence-corrected chi connectivity index (χ3v) is 6.78. The summed E-state index contributed by atoms with van der Waals surface area (Å²) in [7, 11) is 1.97. The first-order valence-corrected chi connectivity index (χ1v) is 11.8. The number of carbonyl (C=O) groups excluding carboxylic acids is 1. The van der Waals surface area contributed by atoms with Gasteiger partial charge in [-0.2, -0.15) is 0 Å². The van der Waals surface area contributed by atoms with E-state index in [1.54, 1.807) is 0 Å². The summed E-state index contributed by atoms with van der Waals surface area (Å²) in [6, 6.07) is 19.4. The van der Waals surface area contributed by atoms with Crippen molar-refractivity contribution in [2.45, 2.75) is 13.5 Å². The van der Waals surface area contributed by atoms with E-state index in [0.717, 1.165) is 50.1 Å². The minimum Gasteiger partial charge on any atom is -0.505 e. The van der Waals surface area contributed by atoms with Gasteiger partial charge in [-0.3, -0.25) is 4.79 Å². The average molecular weight is 488 g/mol. The maximum Gasteiger partial charge on any atom is 0.289 e. The quantitative estimate of drug-likeness (QED) is 0.296. The van der Waals surface area contributed by atoms with Crippen LogP contribution in [0.15, 0.2) is 65.6 Å². The van der Waals surface area contributed by atoms with E-state index in [2.05, 4.69) is 20.4 Å². The van der Waals surface area contributed by atoms with Crippen LogP contribution in [0.5, 0.6) is 5.75 Å². The number of anilines is 1. The fourth-order valence-corrected chi connectivity index (χ4v) is 4.85. The van der Waals surface area contributed by atoms with Gasteiger partial charge in [-0.1, -0.05) is 42.5 Å². The molecule has 3 aromatic carbocycles.